The van der Waals surface area contributed by atoms with Gasteiger partial charge < -0.3 is 5.32 Å². The summed E-state index contributed by atoms with van der Waals surface area (Å²) in [5, 5.41) is 6.73. The average molecular weight is 350 g/mol. The molecule has 0 aromatic heterocycles. The monoisotopic (exact) mass is 349 g/mol. The Bertz CT molecular complexity index is 626. The summed E-state index contributed by atoms with van der Waals surface area (Å²) in [4.78, 5) is 11.6. The molecule has 0 heterocycles. The summed E-state index contributed by atoms with van der Waals surface area (Å²) < 4.78 is 13.7. The van der Waals surface area contributed by atoms with Gasteiger partial charge in [0.15, 0.2) is 0 Å². The van der Waals surface area contributed by atoms with Crippen LogP contribution in [0.3, 0.4) is 0 Å². The van der Waals surface area contributed by atoms with Crippen molar-refractivity contribution < 1.29 is 9.18 Å². The van der Waals surface area contributed by atoms with Crippen LogP contribution in [0.15, 0.2) is 58.1 Å². The molecule has 0 radical (unpaired) electrons. The highest BCUT2D eigenvalue weighted by Crippen LogP contribution is 2.09. The van der Waals surface area contributed by atoms with Gasteiger partial charge >= 0.3 is 0 Å². The minimum Gasteiger partial charge on any atom is -0.376 e. The van der Waals surface area contributed by atoms with E-state index >= 15 is 0 Å². The van der Waals surface area contributed by atoms with E-state index in [9.17, 15) is 9.18 Å². The van der Waals surface area contributed by atoms with Gasteiger partial charge in [0.25, 0.3) is 5.91 Å². The van der Waals surface area contributed by atoms with Crippen molar-refractivity contribution in [3.05, 3.63) is 64.4 Å². The van der Waals surface area contributed by atoms with Crippen LogP contribution >= 0.6 is 15.9 Å². The van der Waals surface area contributed by atoms with Gasteiger partial charge in [-0.15, -0.1) is 0 Å². The SMILES string of the molecule is O=C(CNc1ccc(F)cc1)NN=Cc1ccc(Br)cc1. The molecule has 21 heavy (non-hydrogen) atoms. The zero-order chi connectivity index (χ0) is 15.1. The fourth-order valence-corrected chi connectivity index (χ4v) is 1.78. The standard InChI is InChI=1S/C15H13BrFN3O/c16-12-3-1-11(2-4-12)9-19-20-15(21)10-18-14-7-5-13(17)6-8-14/h1-9,18H,10H2,(H,20,21). The van der Waals surface area contributed by atoms with Gasteiger partial charge in [-0.1, -0.05) is 28.1 Å². The molecule has 4 nitrogen and oxygen atoms in total. The van der Waals surface area contributed by atoms with E-state index in [0.717, 1.165) is 10.0 Å². The number of amides is 1. The molecular formula is C15H13BrFN3O. The first kappa shape index (κ1) is 15.2. The number of nitrogens with one attached hydrogen (secondary N) is 2. The van der Waals surface area contributed by atoms with E-state index in [2.05, 4.69) is 31.8 Å². The number of benzene rings is 2. The Morgan fingerprint density at radius 3 is 2.48 bits per heavy atom. The number of hydrogen-bond donors (Lipinski definition) is 2. The highest BCUT2D eigenvalue weighted by Gasteiger charge is 1.99. The van der Waals surface area contributed by atoms with E-state index in [1.165, 1.54) is 12.1 Å². The van der Waals surface area contributed by atoms with Crippen LogP contribution in [0, 0.1) is 5.82 Å². The smallest absolute Gasteiger partial charge is 0.259 e. The van der Waals surface area contributed by atoms with Gasteiger partial charge in [0.05, 0.1) is 12.8 Å². The Labute approximate surface area is 130 Å². The number of anilines is 1. The predicted molar refractivity (Wildman–Crippen MR) is 84.8 cm³/mol. The van der Waals surface area contributed by atoms with Gasteiger partial charge in [-0.2, -0.15) is 5.10 Å². The molecule has 0 saturated heterocycles. The first-order valence-electron chi connectivity index (χ1n) is 6.20. The van der Waals surface area contributed by atoms with Crippen LogP contribution in [-0.2, 0) is 4.79 Å². The van der Waals surface area contributed by atoms with E-state index < -0.39 is 0 Å². The maximum Gasteiger partial charge on any atom is 0.259 e. The maximum atomic E-state index is 12.7. The maximum absolute atomic E-state index is 12.7. The van der Waals surface area contributed by atoms with Crippen molar-refractivity contribution in [3.8, 4) is 0 Å². The average Bonchev–Trinajstić information content (AvgIpc) is 2.49. The molecule has 6 heteroatoms. The second-order valence-corrected chi connectivity index (χ2v) is 5.12. The molecular weight excluding hydrogens is 337 g/mol. The van der Waals surface area contributed by atoms with Gasteiger partial charge in [-0.05, 0) is 42.0 Å². The van der Waals surface area contributed by atoms with Crippen LogP contribution in [0.1, 0.15) is 5.56 Å². The van der Waals surface area contributed by atoms with Gasteiger partial charge in [0.2, 0.25) is 0 Å². The highest BCUT2D eigenvalue weighted by atomic mass is 79.9. The molecule has 0 fully saturated rings. The van der Waals surface area contributed by atoms with Crippen molar-refractivity contribution >= 4 is 33.7 Å². The summed E-state index contributed by atoms with van der Waals surface area (Å²) in [6.45, 7) is 0.0588. The van der Waals surface area contributed by atoms with Gasteiger partial charge in [-0.25, -0.2) is 9.82 Å². The number of nitrogens with zero attached hydrogens (tertiary/aromatic N) is 1. The molecule has 1 amide bonds. The number of hydrogen-bond acceptors (Lipinski definition) is 3. The summed E-state index contributed by atoms with van der Waals surface area (Å²) in [5.74, 6) is -0.600. The first-order chi connectivity index (χ1) is 10.1. The number of carbonyl (C=O) groups is 1. The second-order valence-electron chi connectivity index (χ2n) is 4.21. The molecule has 2 aromatic carbocycles. The normalized spacial score (nSPS) is 10.6. The van der Waals surface area contributed by atoms with Crippen LogP contribution in [0.2, 0.25) is 0 Å². The quantitative estimate of drug-likeness (QED) is 0.643. The summed E-state index contributed by atoms with van der Waals surface area (Å²) in [5.41, 5.74) is 3.96. The molecule has 0 aliphatic heterocycles. The minimum atomic E-state index is -0.316. The van der Waals surface area contributed by atoms with Gasteiger partial charge in [-0.3, -0.25) is 4.79 Å². The van der Waals surface area contributed by atoms with Crippen molar-refractivity contribution in [2.45, 2.75) is 0 Å². The second kappa shape index (κ2) is 7.54. The third-order valence-electron chi connectivity index (χ3n) is 2.57. The molecule has 0 spiro atoms. The van der Waals surface area contributed by atoms with Crippen LogP contribution in [0.25, 0.3) is 0 Å². The molecule has 2 rings (SSSR count). The van der Waals surface area contributed by atoms with Crippen molar-refractivity contribution in [3.63, 3.8) is 0 Å². The Balaban J connectivity index is 1.77. The van der Waals surface area contributed by atoms with Gasteiger partial charge in [0.1, 0.15) is 5.82 Å². The molecule has 0 bridgehead atoms. The number of hydrazone groups is 1. The molecule has 2 N–H and O–H groups in total. The largest absolute Gasteiger partial charge is 0.376 e. The van der Waals surface area contributed by atoms with Crippen LogP contribution in [-0.4, -0.2) is 18.7 Å². The summed E-state index contributed by atoms with van der Waals surface area (Å²) in [7, 11) is 0. The van der Waals surface area contributed by atoms with E-state index in [4.69, 9.17) is 0 Å². The fraction of sp³-hybridized carbons (Fsp3) is 0.0667. The molecule has 0 aliphatic carbocycles. The Hall–Kier alpha value is -2.21. The highest BCUT2D eigenvalue weighted by molar-refractivity contribution is 9.10. The fourth-order valence-electron chi connectivity index (χ4n) is 1.52. The van der Waals surface area contributed by atoms with Gasteiger partial charge in [0, 0.05) is 10.2 Å². The number of rotatable bonds is 5. The molecule has 0 aliphatic rings. The third kappa shape index (κ3) is 5.35. The number of carbonyl (C=O) groups excluding carboxylic acids is 1. The van der Waals surface area contributed by atoms with E-state index in [-0.39, 0.29) is 18.3 Å². The van der Waals surface area contributed by atoms with E-state index in [1.807, 2.05) is 24.3 Å². The first-order valence-corrected chi connectivity index (χ1v) is 7.00. The molecule has 0 atom stereocenters. The topological polar surface area (TPSA) is 53.5 Å². The minimum absolute atomic E-state index is 0.0588. The number of halogens is 2. The molecule has 108 valence electrons. The van der Waals surface area contributed by atoms with Crippen molar-refractivity contribution in [2.24, 2.45) is 5.10 Å². The summed E-state index contributed by atoms with van der Waals surface area (Å²) in [6.07, 6.45) is 1.56. The van der Waals surface area contributed by atoms with Crippen LogP contribution in [0.4, 0.5) is 10.1 Å². The van der Waals surface area contributed by atoms with E-state index in [0.29, 0.717) is 5.69 Å². The summed E-state index contributed by atoms with van der Waals surface area (Å²) in [6, 6.07) is 13.3. The molecule has 0 saturated carbocycles. The molecule has 2 aromatic rings. The van der Waals surface area contributed by atoms with E-state index in [1.54, 1.807) is 18.3 Å². The lowest BCUT2D eigenvalue weighted by Crippen LogP contribution is -2.25. The third-order valence-corrected chi connectivity index (χ3v) is 3.10. The Kier molecular flexibility index (Phi) is 5.45. The molecule has 0 unspecified atom stereocenters. The van der Waals surface area contributed by atoms with Crippen molar-refractivity contribution in [2.75, 3.05) is 11.9 Å². The zero-order valence-electron chi connectivity index (χ0n) is 11.0. The van der Waals surface area contributed by atoms with Crippen LogP contribution in [0.5, 0.6) is 0 Å². The Morgan fingerprint density at radius 1 is 1.14 bits per heavy atom. The lowest BCUT2D eigenvalue weighted by Gasteiger charge is -2.04. The predicted octanol–water partition coefficient (Wildman–Crippen LogP) is 3.15. The van der Waals surface area contributed by atoms with Crippen molar-refractivity contribution in [1.29, 1.82) is 0 Å². The lowest BCUT2D eigenvalue weighted by atomic mass is 10.2. The zero-order valence-corrected chi connectivity index (χ0v) is 12.6. The Morgan fingerprint density at radius 2 is 1.81 bits per heavy atom. The lowest BCUT2D eigenvalue weighted by molar-refractivity contribution is -0.119. The van der Waals surface area contributed by atoms with Crippen LogP contribution < -0.4 is 10.7 Å². The van der Waals surface area contributed by atoms with Crippen molar-refractivity contribution in [1.82, 2.24) is 5.43 Å². The summed E-state index contributed by atoms with van der Waals surface area (Å²) >= 11 is 3.34.